The zero-order chi connectivity index (χ0) is 23.7. The molecular formula is C24H28N6O4. The van der Waals surface area contributed by atoms with Crippen LogP contribution in [0.5, 0.6) is 5.75 Å². The maximum absolute atomic E-state index is 13.1. The van der Waals surface area contributed by atoms with E-state index in [0.29, 0.717) is 42.9 Å². The second-order valence-electron chi connectivity index (χ2n) is 8.63. The van der Waals surface area contributed by atoms with Gasteiger partial charge in [0.25, 0.3) is 5.91 Å². The largest absolute Gasteiger partial charge is 0.493 e. The summed E-state index contributed by atoms with van der Waals surface area (Å²) in [6.07, 6.45) is 1.61. The molecule has 0 radical (unpaired) electrons. The van der Waals surface area contributed by atoms with Gasteiger partial charge in [0.1, 0.15) is 23.5 Å². The molecule has 0 atom stereocenters. The molecule has 2 aliphatic rings. The Hall–Kier alpha value is -3.66. The van der Waals surface area contributed by atoms with Crippen LogP contribution in [0.25, 0.3) is 11.0 Å². The third-order valence-electron chi connectivity index (χ3n) is 6.53. The van der Waals surface area contributed by atoms with Crippen molar-refractivity contribution in [3.05, 3.63) is 52.6 Å². The van der Waals surface area contributed by atoms with E-state index in [4.69, 9.17) is 9.15 Å². The monoisotopic (exact) mass is 464 g/mol. The molecule has 178 valence electrons. The summed E-state index contributed by atoms with van der Waals surface area (Å²) in [5.74, 6) is 1.93. The van der Waals surface area contributed by atoms with Gasteiger partial charge in [-0.15, -0.1) is 0 Å². The van der Waals surface area contributed by atoms with Crippen LogP contribution in [-0.4, -0.2) is 92.2 Å². The topological polar surface area (TPSA) is 95.3 Å². The van der Waals surface area contributed by atoms with Gasteiger partial charge in [-0.1, -0.05) is 12.1 Å². The fourth-order valence-corrected chi connectivity index (χ4v) is 4.46. The Balaban J connectivity index is 1.28. The molecule has 2 aliphatic heterocycles. The number of methoxy groups -OCH3 is 1. The number of carbonyl (C=O) groups is 1. The number of piperazine rings is 2. The molecule has 34 heavy (non-hydrogen) atoms. The normalized spacial score (nSPS) is 17.3. The lowest BCUT2D eigenvalue weighted by molar-refractivity contribution is 0.0742. The highest BCUT2D eigenvalue weighted by Gasteiger charge is 2.26. The first-order valence-corrected chi connectivity index (χ1v) is 11.4. The molecule has 0 aliphatic carbocycles. The quantitative estimate of drug-likeness (QED) is 0.530. The van der Waals surface area contributed by atoms with Crippen LogP contribution in [-0.2, 0) is 0 Å². The molecular weight excluding hydrogens is 436 g/mol. The van der Waals surface area contributed by atoms with E-state index < -0.39 is 5.63 Å². The van der Waals surface area contributed by atoms with Gasteiger partial charge in [0, 0.05) is 63.8 Å². The number of likely N-dealkylation sites (N-methyl/N-ethyl adjacent to an activating group) is 1. The van der Waals surface area contributed by atoms with Gasteiger partial charge in [0.05, 0.1) is 7.11 Å². The molecule has 0 bridgehead atoms. The minimum Gasteiger partial charge on any atom is -0.493 e. The van der Waals surface area contributed by atoms with Crippen LogP contribution in [0, 0.1) is 0 Å². The lowest BCUT2D eigenvalue weighted by Gasteiger charge is -2.36. The minimum atomic E-state index is -0.656. The van der Waals surface area contributed by atoms with E-state index in [0.717, 1.165) is 37.8 Å². The number of hydrogen-bond acceptors (Lipinski definition) is 9. The Morgan fingerprint density at radius 2 is 1.59 bits per heavy atom. The second-order valence-corrected chi connectivity index (χ2v) is 8.63. The van der Waals surface area contributed by atoms with Crippen LogP contribution >= 0.6 is 0 Å². The van der Waals surface area contributed by atoms with Gasteiger partial charge in [0.15, 0.2) is 11.3 Å². The van der Waals surface area contributed by atoms with E-state index in [1.54, 1.807) is 35.5 Å². The van der Waals surface area contributed by atoms with E-state index in [2.05, 4.69) is 31.7 Å². The average molecular weight is 465 g/mol. The predicted molar refractivity (Wildman–Crippen MR) is 129 cm³/mol. The van der Waals surface area contributed by atoms with E-state index in [9.17, 15) is 9.59 Å². The van der Waals surface area contributed by atoms with Crippen LogP contribution < -0.4 is 20.2 Å². The lowest BCUT2D eigenvalue weighted by Crippen LogP contribution is -2.50. The highest BCUT2D eigenvalue weighted by molar-refractivity contribution is 5.97. The highest BCUT2D eigenvalue weighted by atomic mass is 16.5. The number of aromatic nitrogens is 2. The highest BCUT2D eigenvalue weighted by Crippen LogP contribution is 2.25. The van der Waals surface area contributed by atoms with Gasteiger partial charge >= 0.3 is 5.63 Å². The summed E-state index contributed by atoms with van der Waals surface area (Å²) in [5.41, 5.74) is -0.276. The van der Waals surface area contributed by atoms with Crippen LogP contribution in [0.1, 0.15) is 10.4 Å². The predicted octanol–water partition coefficient (Wildman–Crippen LogP) is 1.31. The molecule has 0 spiro atoms. The summed E-state index contributed by atoms with van der Waals surface area (Å²) in [4.78, 5) is 43.1. The van der Waals surface area contributed by atoms with Crippen molar-refractivity contribution >= 4 is 28.5 Å². The maximum atomic E-state index is 13.1. The Morgan fingerprint density at radius 3 is 2.24 bits per heavy atom. The second kappa shape index (κ2) is 9.30. The van der Waals surface area contributed by atoms with Crippen molar-refractivity contribution in [3.8, 4) is 5.75 Å². The fourth-order valence-electron chi connectivity index (χ4n) is 4.46. The SMILES string of the molecule is COc1cccc2cc(C(=O)N3CCN(c4cc(N5CCN(C)CC5)ncn4)CC3)c(=O)oc12. The van der Waals surface area contributed by atoms with Crippen LogP contribution in [0.4, 0.5) is 11.6 Å². The zero-order valence-electron chi connectivity index (χ0n) is 19.4. The number of ether oxygens (including phenoxy) is 1. The third kappa shape index (κ3) is 4.28. The summed E-state index contributed by atoms with van der Waals surface area (Å²) >= 11 is 0. The lowest BCUT2D eigenvalue weighted by atomic mass is 10.1. The van der Waals surface area contributed by atoms with Crippen LogP contribution in [0.3, 0.4) is 0 Å². The summed E-state index contributed by atoms with van der Waals surface area (Å²) in [7, 11) is 3.64. The number of amides is 1. The molecule has 2 aromatic heterocycles. The number of fused-ring (bicyclic) bond motifs is 1. The van der Waals surface area contributed by atoms with E-state index >= 15 is 0 Å². The van der Waals surface area contributed by atoms with Gasteiger partial charge in [-0.2, -0.15) is 0 Å². The number of anilines is 2. The molecule has 0 saturated carbocycles. The van der Waals surface area contributed by atoms with E-state index in [-0.39, 0.29) is 11.5 Å². The first kappa shape index (κ1) is 22.1. The minimum absolute atomic E-state index is 0.0357. The molecule has 10 heteroatoms. The Bertz CT molecular complexity index is 1250. The Kier molecular flexibility index (Phi) is 6.06. The average Bonchev–Trinajstić information content (AvgIpc) is 2.88. The van der Waals surface area contributed by atoms with Crippen molar-refractivity contribution in [3.63, 3.8) is 0 Å². The smallest absolute Gasteiger partial charge is 0.349 e. The number of benzene rings is 1. The Morgan fingerprint density at radius 1 is 0.941 bits per heavy atom. The van der Waals surface area contributed by atoms with Gasteiger partial charge in [-0.25, -0.2) is 14.8 Å². The number of rotatable bonds is 4. The molecule has 2 saturated heterocycles. The van der Waals surface area contributed by atoms with Gasteiger partial charge in [0.2, 0.25) is 0 Å². The standard InChI is InChI=1S/C24H28N6O4/c1-27-6-8-28(9-7-27)20-15-21(26-16-25-20)29-10-12-30(13-11-29)23(31)18-14-17-4-3-5-19(33-2)22(17)34-24(18)32/h3-5,14-16H,6-13H2,1-2H3. The molecule has 3 aromatic rings. The van der Waals surface area contributed by atoms with Crippen molar-refractivity contribution in [1.82, 2.24) is 19.8 Å². The molecule has 1 amide bonds. The van der Waals surface area contributed by atoms with Crippen molar-refractivity contribution in [2.24, 2.45) is 0 Å². The maximum Gasteiger partial charge on any atom is 0.349 e. The molecule has 4 heterocycles. The summed E-state index contributed by atoms with van der Waals surface area (Å²) in [5, 5.41) is 0.651. The summed E-state index contributed by atoms with van der Waals surface area (Å²) in [6, 6.07) is 8.92. The van der Waals surface area contributed by atoms with Crippen molar-refractivity contribution in [1.29, 1.82) is 0 Å². The molecule has 0 N–H and O–H groups in total. The van der Waals surface area contributed by atoms with Crippen LogP contribution in [0.2, 0.25) is 0 Å². The number of nitrogens with zero attached hydrogens (tertiary/aromatic N) is 6. The summed E-state index contributed by atoms with van der Waals surface area (Å²) in [6.45, 7) is 6.12. The molecule has 10 nitrogen and oxygen atoms in total. The number of hydrogen-bond donors (Lipinski definition) is 0. The first-order valence-electron chi connectivity index (χ1n) is 11.4. The van der Waals surface area contributed by atoms with Crippen molar-refractivity contribution < 1.29 is 13.9 Å². The Labute approximate surface area is 197 Å². The number of carbonyl (C=O) groups excluding carboxylic acids is 1. The zero-order valence-corrected chi connectivity index (χ0v) is 19.4. The van der Waals surface area contributed by atoms with Gasteiger partial charge in [-0.3, -0.25) is 4.79 Å². The van der Waals surface area contributed by atoms with Crippen molar-refractivity contribution in [2.75, 3.05) is 76.3 Å². The molecule has 2 fully saturated rings. The number of para-hydroxylation sites is 1. The first-order chi connectivity index (χ1) is 16.5. The van der Waals surface area contributed by atoms with Crippen molar-refractivity contribution in [2.45, 2.75) is 0 Å². The molecule has 5 rings (SSSR count). The van der Waals surface area contributed by atoms with E-state index in [1.165, 1.54) is 7.11 Å². The van der Waals surface area contributed by atoms with Crippen LogP contribution in [0.15, 0.2) is 45.9 Å². The molecule has 0 unspecified atom stereocenters. The summed E-state index contributed by atoms with van der Waals surface area (Å²) < 4.78 is 10.7. The van der Waals surface area contributed by atoms with Gasteiger partial charge in [-0.05, 0) is 19.2 Å². The third-order valence-corrected chi connectivity index (χ3v) is 6.53. The van der Waals surface area contributed by atoms with Gasteiger partial charge < -0.3 is 28.8 Å². The fraction of sp³-hybridized carbons (Fsp3) is 0.417. The van der Waals surface area contributed by atoms with E-state index in [1.807, 2.05) is 6.07 Å². The molecule has 1 aromatic carbocycles.